The van der Waals surface area contributed by atoms with Gasteiger partial charge < -0.3 is 4.74 Å². The fourth-order valence-corrected chi connectivity index (χ4v) is 6.83. The summed E-state index contributed by atoms with van der Waals surface area (Å²) >= 11 is 3.76. The topological polar surface area (TPSA) is 32.8 Å². The zero-order valence-electron chi connectivity index (χ0n) is 14.0. The van der Waals surface area contributed by atoms with Crippen molar-refractivity contribution in [1.29, 1.82) is 0 Å². The second kappa shape index (κ2) is 8.79. The molecule has 0 aliphatic carbocycles. The van der Waals surface area contributed by atoms with Crippen LogP contribution in [0.3, 0.4) is 0 Å². The Morgan fingerprint density at radius 2 is 1.48 bits per heavy atom. The lowest BCUT2D eigenvalue weighted by molar-refractivity contribution is -0.137. The summed E-state index contributed by atoms with van der Waals surface area (Å²) in [5.74, 6) is -0.195. The van der Waals surface area contributed by atoms with E-state index < -0.39 is 0 Å². The summed E-state index contributed by atoms with van der Waals surface area (Å²) in [4.78, 5) is 17.1. The predicted octanol–water partition coefficient (Wildman–Crippen LogP) is 3.49. The molecule has 0 aromatic rings. The fraction of sp³-hybridized carbons (Fsp3) is 0.824. The third kappa shape index (κ3) is 4.68. The number of likely N-dealkylation sites (tertiary alicyclic amines) is 2. The molecule has 3 saturated heterocycles. The van der Waals surface area contributed by atoms with Gasteiger partial charge in [-0.3, -0.25) is 9.80 Å². The van der Waals surface area contributed by atoms with Crippen LogP contribution in [0.1, 0.15) is 45.4 Å². The van der Waals surface area contributed by atoms with Gasteiger partial charge in [-0.1, -0.05) is 36.4 Å². The van der Waals surface area contributed by atoms with Crippen molar-refractivity contribution >= 4 is 29.5 Å². The van der Waals surface area contributed by atoms with Crippen LogP contribution in [-0.4, -0.2) is 59.3 Å². The smallest absolute Gasteiger partial charge is 0.332 e. The van der Waals surface area contributed by atoms with E-state index in [0.29, 0.717) is 17.4 Å². The number of piperidine rings is 2. The molecule has 6 heteroatoms. The summed E-state index contributed by atoms with van der Waals surface area (Å²) < 4.78 is 6.23. The van der Waals surface area contributed by atoms with Gasteiger partial charge in [0, 0.05) is 6.08 Å². The molecule has 0 N–H and O–H groups in total. The number of carbonyl (C=O) groups excluding carboxylic acids is 1. The minimum atomic E-state index is -0.195. The van der Waals surface area contributed by atoms with E-state index in [0.717, 1.165) is 4.24 Å². The molecule has 0 bridgehead atoms. The van der Waals surface area contributed by atoms with Crippen LogP contribution in [0.5, 0.6) is 0 Å². The number of ether oxygens (including phenoxy) is 1. The third-order valence-corrected chi connectivity index (χ3v) is 7.79. The highest BCUT2D eigenvalue weighted by Gasteiger charge is 2.40. The lowest BCUT2D eigenvalue weighted by Gasteiger charge is -2.40. The first-order valence-corrected chi connectivity index (χ1v) is 10.7. The van der Waals surface area contributed by atoms with Gasteiger partial charge in [-0.15, -0.1) is 0 Å². The summed E-state index contributed by atoms with van der Waals surface area (Å²) in [6.45, 7) is 7.12. The van der Waals surface area contributed by atoms with Crippen molar-refractivity contribution in [3.63, 3.8) is 0 Å². The van der Waals surface area contributed by atoms with E-state index in [-0.39, 0.29) is 5.97 Å². The van der Waals surface area contributed by atoms with Crippen molar-refractivity contribution in [3.05, 3.63) is 10.3 Å². The van der Waals surface area contributed by atoms with Crippen LogP contribution >= 0.6 is 23.5 Å². The molecule has 0 aromatic heterocycles. The summed E-state index contributed by atoms with van der Waals surface area (Å²) in [6.07, 6.45) is 9.68. The van der Waals surface area contributed by atoms with Gasteiger partial charge >= 0.3 is 5.97 Å². The minimum absolute atomic E-state index is 0.195. The molecule has 23 heavy (non-hydrogen) atoms. The molecular formula is C17H28N2O2S2. The van der Waals surface area contributed by atoms with Crippen molar-refractivity contribution in [2.45, 2.75) is 56.2 Å². The monoisotopic (exact) mass is 356 g/mol. The molecular weight excluding hydrogens is 328 g/mol. The first-order chi connectivity index (χ1) is 11.3. The molecule has 0 aromatic carbocycles. The fourth-order valence-electron chi connectivity index (χ4n) is 3.59. The maximum atomic E-state index is 11.8. The second-order valence-electron chi connectivity index (χ2n) is 6.43. The van der Waals surface area contributed by atoms with Crippen LogP contribution in [0, 0.1) is 0 Å². The van der Waals surface area contributed by atoms with Crippen molar-refractivity contribution in [1.82, 2.24) is 9.80 Å². The van der Waals surface area contributed by atoms with Crippen molar-refractivity contribution < 1.29 is 9.53 Å². The average Bonchev–Trinajstić information content (AvgIpc) is 3.00. The van der Waals surface area contributed by atoms with Gasteiger partial charge in [-0.05, 0) is 58.8 Å². The summed E-state index contributed by atoms with van der Waals surface area (Å²) in [7, 11) is 0. The number of rotatable bonds is 4. The summed E-state index contributed by atoms with van der Waals surface area (Å²) in [6, 6.07) is 0. The van der Waals surface area contributed by atoms with Crippen LogP contribution in [0.25, 0.3) is 0 Å². The largest absolute Gasteiger partial charge is 0.463 e. The Labute approximate surface area is 148 Å². The quantitative estimate of drug-likeness (QED) is 0.566. The minimum Gasteiger partial charge on any atom is -0.463 e. The lowest BCUT2D eigenvalue weighted by atomic mass is 10.1. The highest BCUT2D eigenvalue weighted by molar-refractivity contribution is 8.25. The Bertz CT molecular complexity index is 404. The van der Waals surface area contributed by atoms with E-state index in [1.54, 1.807) is 6.08 Å². The van der Waals surface area contributed by atoms with Crippen LogP contribution in [0.4, 0.5) is 0 Å². The normalized spacial score (nSPS) is 30.4. The second-order valence-corrected chi connectivity index (χ2v) is 9.00. The van der Waals surface area contributed by atoms with E-state index in [2.05, 4.69) is 9.80 Å². The molecule has 0 spiro atoms. The molecule has 3 fully saturated rings. The Kier molecular flexibility index (Phi) is 6.74. The highest BCUT2D eigenvalue weighted by atomic mass is 32.2. The first kappa shape index (κ1) is 17.6. The standard InChI is InChI=1S/C17H28N2O2S2/c1-2-21-14(20)13-15-22-16(18-9-5-3-6-10-18)17(23-15)19-11-7-4-8-12-19/h13,16-17H,2-12H2,1H3/t16-,17-/m1/s1. The first-order valence-electron chi connectivity index (χ1n) is 8.98. The number of hydrogen-bond acceptors (Lipinski definition) is 6. The average molecular weight is 357 g/mol. The highest BCUT2D eigenvalue weighted by Crippen LogP contribution is 2.50. The molecule has 130 valence electrons. The third-order valence-electron chi connectivity index (χ3n) is 4.74. The molecule has 3 aliphatic heterocycles. The predicted molar refractivity (Wildman–Crippen MR) is 98.3 cm³/mol. The van der Waals surface area contributed by atoms with E-state index in [9.17, 15) is 4.79 Å². The van der Waals surface area contributed by atoms with Gasteiger partial charge in [-0.2, -0.15) is 0 Å². The zero-order valence-corrected chi connectivity index (χ0v) is 15.7. The molecule has 0 radical (unpaired) electrons. The number of carbonyl (C=O) groups is 1. The maximum Gasteiger partial charge on any atom is 0.332 e. The van der Waals surface area contributed by atoms with Gasteiger partial charge in [0.15, 0.2) is 0 Å². The molecule has 2 atom stereocenters. The SMILES string of the molecule is CCOC(=O)C=C1S[C@@H](N2CCCCC2)[C@H](N2CCCCC2)S1. The van der Waals surface area contributed by atoms with Gasteiger partial charge in [-0.25, -0.2) is 4.79 Å². The van der Waals surface area contributed by atoms with Crippen LogP contribution in [0.2, 0.25) is 0 Å². The summed E-state index contributed by atoms with van der Waals surface area (Å²) in [5, 5.41) is 0.971. The number of hydrogen-bond donors (Lipinski definition) is 0. The van der Waals surface area contributed by atoms with E-state index in [4.69, 9.17) is 4.74 Å². The Balaban J connectivity index is 1.71. The zero-order chi connectivity index (χ0) is 16.1. The maximum absolute atomic E-state index is 11.8. The van der Waals surface area contributed by atoms with Gasteiger partial charge in [0.1, 0.15) is 0 Å². The van der Waals surface area contributed by atoms with E-state index >= 15 is 0 Å². The van der Waals surface area contributed by atoms with Crippen molar-refractivity contribution in [2.24, 2.45) is 0 Å². The molecule has 3 rings (SSSR count). The molecule has 3 heterocycles. The molecule has 0 saturated carbocycles. The number of esters is 1. The van der Waals surface area contributed by atoms with E-state index in [1.165, 1.54) is 64.7 Å². The number of nitrogens with zero attached hydrogens (tertiary/aromatic N) is 2. The van der Waals surface area contributed by atoms with Gasteiger partial charge in [0.2, 0.25) is 0 Å². The van der Waals surface area contributed by atoms with Crippen molar-refractivity contribution in [2.75, 3.05) is 32.8 Å². The lowest BCUT2D eigenvalue weighted by Crippen LogP contribution is -2.49. The molecule has 3 aliphatic rings. The Hall–Kier alpha value is -0.170. The van der Waals surface area contributed by atoms with E-state index in [1.807, 2.05) is 30.4 Å². The van der Waals surface area contributed by atoms with Gasteiger partial charge in [0.05, 0.1) is 21.6 Å². The Morgan fingerprint density at radius 3 is 1.91 bits per heavy atom. The summed E-state index contributed by atoms with van der Waals surface area (Å²) in [5.41, 5.74) is 0. The molecule has 4 nitrogen and oxygen atoms in total. The van der Waals surface area contributed by atoms with Gasteiger partial charge in [0.25, 0.3) is 0 Å². The molecule has 0 unspecified atom stereocenters. The van der Waals surface area contributed by atoms with Crippen LogP contribution in [-0.2, 0) is 9.53 Å². The molecule has 0 amide bonds. The van der Waals surface area contributed by atoms with Crippen LogP contribution in [0.15, 0.2) is 10.3 Å². The van der Waals surface area contributed by atoms with Crippen LogP contribution < -0.4 is 0 Å². The number of thioether (sulfide) groups is 2. The Morgan fingerprint density at radius 1 is 1.00 bits per heavy atom. The van der Waals surface area contributed by atoms with Crippen molar-refractivity contribution in [3.8, 4) is 0 Å².